The Morgan fingerprint density at radius 2 is 1.78 bits per heavy atom. The highest BCUT2D eigenvalue weighted by Crippen LogP contribution is 2.35. The van der Waals surface area contributed by atoms with Crippen LogP contribution in [0.4, 0.5) is 5.69 Å². The van der Waals surface area contributed by atoms with Gasteiger partial charge in [-0.3, -0.25) is 14.5 Å². The van der Waals surface area contributed by atoms with Crippen molar-refractivity contribution >= 4 is 40.5 Å². The van der Waals surface area contributed by atoms with Crippen molar-refractivity contribution in [3.63, 3.8) is 0 Å². The molecule has 37 heavy (non-hydrogen) atoms. The van der Waals surface area contributed by atoms with Gasteiger partial charge in [-0.05, 0) is 47.7 Å². The standard InChI is InChI=1S/C29H27N3O4S/c1-31-28(34)26(19-22-10-5-6-13-25(22)36-20-21-8-3-2-4-9-21)37-29(31)30-24-12-7-11-23(18-24)27(33)32-14-16-35-17-15-32/h2-13,18-19H,14-17,20H2,1H3/b26-19+,30-29?. The number of benzene rings is 3. The topological polar surface area (TPSA) is 71.4 Å². The van der Waals surface area contributed by atoms with Gasteiger partial charge in [0, 0.05) is 31.3 Å². The molecule has 2 saturated heterocycles. The number of nitrogens with zero attached hydrogens (tertiary/aromatic N) is 3. The summed E-state index contributed by atoms with van der Waals surface area (Å²) < 4.78 is 11.4. The summed E-state index contributed by atoms with van der Waals surface area (Å²) in [6, 6.07) is 24.8. The minimum Gasteiger partial charge on any atom is -0.488 e. The predicted octanol–water partition coefficient (Wildman–Crippen LogP) is 4.97. The van der Waals surface area contributed by atoms with Crippen molar-refractivity contribution in [1.82, 2.24) is 9.80 Å². The molecule has 0 aliphatic carbocycles. The molecule has 0 saturated carbocycles. The molecule has 8 heteroatoms. The Morgan fingerprint density at radius 3 is 2.59 bits per heavy atom. The van der Waals surface area contributed by atoms with Crippen LogP contribution in [0.5, 0.6) is 5.75 Å². The van der Waals surface area contributed by atoms with E-state index < -0.39 is 0 Å². The lowest BCUT2D eigenvalue weighted by Crippen LogP contribution is -2.40. The number of amides is 2. The third kappa shape index (κ3) is 5.93. The van der Waals surface area contributed by atoms with Crippen LogP contribution in [0.3, 0.4) is 0 Å². The Labute approximate surface area is 220 Å². The molecule has 3 aromatic carbocycles. The number of thioether (sulfide) groups is 1. The molecule has 7 nitrogen and oxygen atoms in total. The number of aliphatic imine (C=N–C) groups is 1. The average Bonchev–Trinajstić information content (AvgIpc) is 3.21. The van der Waals surface area contributed by atoms with Crippen LogP contribution in [0.25, 0.3) is 6.08 Å². The van der Waals surface area contributed by atoms with E-state index in [0.717, 1.165) is 11.1 Å². The van der Waals surface area contributed by atoms with Gasteiger partial charge >= 0.3 is 0 Å². The molecule has 0 aromatic heterocycles. The molecule has 0 spiro atoms. The summed E-state index contributed by atoms with van der Waals surface area (Å²) >= 11 is 1.30. The van der Waals surface area contributed by atoms with E-state index in [0.29, 0.717) is 60.0 Å². The number of carbonyl (C=O) groups is 2. The smallest absolute Gasteiger partial charge is 0.266 e. The second-order valence-electron chi connectivity index (χ2n) is 8.64. The third-order valence-corrected chi connectivity index (χ3v) is 7.12. The Hall–Kier alpha value is -3.88. The van der Waals surface area contributed by atoms with Gasteiger partial charge in [0.05, 0.1) is 23.8 Å². The number of rotatable bonds is 6. The molecular formula is C29H27N3O4S. The van der Waals surface area contributed by atoms with Crippen LogP contribution in [-0.4, -0.2) is 60.1 Å². The van der Waals surface area contributed by atoms with E-state index in [2.05, 4.69) is 4.99 Å². The molecule has 0 unspecified atom stereocenters. The third-order valence-electron chi connectivity index (χ3n) is 6.06. The molecular weight excluding hydrogens is 486 g/mol. The Kier molecular flexibility index (Phi) is 7.67. The van der Waals surface area contributed by atoms with Crippen molar-refractivity contribution in [3.8, 4) is 5.75 Å². The number of likely N-dealkylation sites (N-methyl/N-ethyl adjacent to an activating group) is 1. The highest BCUT2D eigenvalue weighted by molar-refractivity contribution is 8.18. The number of hydrogen-bond acceptors (Lipinski definition) is 6. The summed E-state index contributed by atoms with van der Waals surface area (Å²) in [5.74, 6) is 0.526. The molecule has 188 valence electrons. The number of ether oxygens (including phenoxy) is 2. The van der Waals surface area contributed by atoms with Gasteiger partial charge in [0.1, 0.15) is 12.4 Å². The fourth-order valence-electron chi connectivity index (χ4n) is 4.03. The molecule has 3 aromatic rings. The maximum atomic E-state index is 13.0. The van der Waals surface area contributed by atoms with E-state index in [-0.39, 0.29) is 11.8 Å². The molecule has 2 fully saturated rings. The molecule has 0 atom stereocenters. The largest absolute Gasteiger partial charge is 0.488 e. The SMILES string of the molecule is CN1C(=O)/C(=C\c2ccccc2OCc2ccccc2)SC1=Nc1cccc(C(=O)N2CCOCC2)c1. The Balaban J connectivity index is 1.34. The van der Waals surface area contributed by atoms with Crippen LogP contribution in [0, 0.1) is 0 Å². The number of carbonyl (C=O) groups excluding carboxylic acids is 2. The Morgan fingerprint density at radius 1 is 1.03 bits per heavy atom. The number of hydrogen-bond donors (Lipinski definition) is 0. The molecule has 0 N–H and O–H groups in total. The summed E-state index contributed by atoms with van der Waals surface area (Å²) in [6.45, 7) is 2.69. The predicted molar refractivity (Wildman–Crippen MR) is 146 cm³/mol. The van der Waals surface area contributed by atoms with Gasteiger partial charge < -0.3 is 14.4 Å². The van der Waals surface area contributed by atoms with E-state index >= 15 is 0 Å². The molecule has 2 amide bonds. The first-order chi connectivity index (χ1) is 18.1. The zero-order chi connectivity index (χ0) is 25.6. The van der Waals surface area contributed by atoms with E-state index in [1.807, 2.05) is 72.8 Å². The zero-order valence-corrected chi connectivity index (χ0v) is 21.3. The van der Waals surface area contributed by atoms with E-state index in [1.165, 1.54) is 16.7 Å². The van der Waals surface area contributed by atoms with Gasteiger partial charge in [0.15, 0.2) is 5.17 Å². The van der Waals surface area contributed by atoms with Crippen molar-refractivity contribution < 1.29 is 19.1 Å². The van der Waals surface area contributed by atoms with Crippen LogP contribution in [0.1, 0.15) is 21.5 Å². The first-order valence-electron chi connectivity index (χ1n) is 12.1. The van der Waals surface area contributed by atoms with Gasteiger partial charge in [-0.1, -0.05) is 54.6 Å². The first-order valence-corrected chi connectivity index (χ1v) is 12.9. The van der Waals surface area contributed by atoms with Crippen LogP contribution in [-0.2, 0) is 16.1 Å². The highest BCUT2D eigenvalue weighted by Gasteiger charge is 2.30. The summed E-state index contributed by atoms with van der Waals surface area (Å²) in [7, 11) is 1.70. The summed E-state index contributed by atoms with van der Waals surface area (Å²) in [6.07, 6.45) is 1.84. The van der Waals surface area contributed by atoms with Crippen molar-refractivity contribution in [1.29, 1.82) is 0 Å². The highest BCUT2D eigenvalue weighted by atomic mass is 32.2. The second-order valence-corrected chi connectivity index (χ2v) is 9.65. The number of amidine groups is 1. The molecule has 0 radical (unpaired) electrons. The number of morpholine rings is 1. The van der Waals surface area contributed by atoms with Gasteiger partial charge in [0.25, 0.3) is 11.8 Å². The quantitative estimate of drug-likeness (QED) is 0.435. The van der Waals surface area contributed by atoms with Crippen LogP contribution in [0.2, 0.25) is 0 Å². The monoisotopic (exact) mass is 513 g/mol. The normalized spacial score (nSPS) is 18.0. The summed E-state index contributed by atoms with van der Waals surface area (Å²) in [4.78, 5) is 34.4. The minimum atomic E-state index is -0.137. The fraction of sp³-hybridized carbons (Fsp3) is 0.207. The molecule has 2 aliphatic rings. The minimum absolute atomic E-state index is 0.0402. The van der Waals surface area contributed by atoms with Gasteiger partial charge in [-0.25, -0.2) is 4.99 Å². The molecule has 2 aliphatic heterocycles. The molecule has 0 bridgehead atoms. The second kappa shape index (κ2) is 11.5. The van der Waals surface area contributed by atoms with Crippen molar-refractivity contribution in [2.75, 3.05) is 33.4 Å². The summed E-state index contributed by atoms with van der Waals surface area (Å²) in [5, 5.41) is 0.551. The van der Waals surface area contributed by atoms with Gasteiger partial charge in [-0.15, -0.1) is 0 Å². The maximum absolute atomic E-state index is 13.0. The van der Waals surface area contributed by atoms with E-state index in [9.17, 15) is 9.59 Å². The fourth-order valence-corrected chi connectivity index (χ4v) is 5.01. The lowest BCUT2D eigenvalue weighted by atomic mass is 10.1. The van der Waals surface area contributed by atoms with Crippen LogP contribution < -0.4 is 4.74 Å². The average molecular weight is 514 g/mol. The lowest BCUT2D eigenvalue weighted by molar-refractivity contribution is -0.121. The van der Waals surface area contributed by atoms with Gasteiger partial charge in [-0.2, -0.15) is 0 Å². The zero-order valence-electron chi connectivity index (χ0n) is 20.5. The first kappa shape index (κ1) is 24.8. The van der Waals surface area contributed by atoms with Crippen molar-refractivity contribution in [2.24, 2.45) is 4.99 Å². The molecule has 2 heterocycles. The molecule has 5 rings (SSSR count). The van der Waals surface area contributed by atoms with E-state index in [1.54, 1.807) is 24.1 Å². The van der Waals surface area contributed by atoms with Crippen LogP contribution >= 0.6 is 11.8 Å². The Bertz CT molecular complexity index is 1350. The lowest BCUT2D eigenvalue weighted by Gasteiger charge is -2.26. The summed E-state index contributed by atoms with van der Waals surface area (Å²) in [5.41, 5.74) is 3.08. The van der Waals surface area contributed by atoms with Crippen LogP contribution in [0.15, 0.2) is 88.8 Å². The van der Waals surface area contributed by atoms with Gasteiger partial charge in [0.2, 0.25) is 0 Å². The van der Waals surface area contributed by atoms with Crippen molar-refractivity contribution in [3.05, 3.63) is 100 Å². The maximum Gasteiger partial charge on any atom is 0.266 e. The van der Waals surface area contributed by atoms with E-state index in [4.69, 9.17) is 9.47 Å². The number of para-hydroxylation sites is 1. The van der Waals surface area contributed by atoms with Crippen molar-refractivity contribution in [2.45, 2.75) is 6.61 Å².